The topological polar surface area (TPSA) is 441 Å². The van der Waals surface area contributed by atoms with E-state index in [2.05, 4.69) is 51.5 Å². The molecule has 0 unspecified atom stereocenters. The van der Waals surface area contributed by atoms with E-state index in [9.17, 15) is 74.3 Å². The van der Waals surface area contributed by atoms with Gasteiger partial charge in [0.2, 0.25) is 35.4 Å². The number of amides is 8. The summed E-state index contributed by atoms with van der Waals surface area (Å²) in [4.78, 5) is 117. The molecule has 93 heavy (non-hydrogen) atoms. The largest absolute Gasteiger partial charge is 1.00 e. The zero-order valence-corrected chi connectivity index (χ0v) is 55.0. The van der Waals surface area contributed by atoms with Crippen molar-refractivity contribution in [3.05, 3.63) is 77.9 Å². The molecule has 500 valence electrons. The SMILES string of the molecule is COCCCCCCCOc1ccc(-c2nnc(-c3ccc(C(=O)N[C@H]4C[C@H](O)CNC(=O)[C@@H]5[C@@H](O)[C@H](C)CN5C(=O)[C@H]([C@@H]5CCNC(=O)O5)NC(=O)[C@H]([C@H](O)Cc5ccc(O)c(OSOO[O-])c5)NC(=O)[C@@H]5C[C@H](O)CN5C(=O)[C@H]([C@H](C)O)NC4=O)cc3)s2)cc1.[Na+]. The molecule has 1 aromatic heterocycles. The minimum Gasteiger partial charge on any atom is -0.691 e. The minimum absolute atomic E-state index is 0. The summed E-state index contributed by atoms with van der Waals surface area (Å²) in [6, 6.07) is 6.01. The second kappa shape index (κ2) is 35.1. The van der Waals surface area contributed by atoms with E-state index in [1.54, 1.807) is 19.2 Å². The number of carbonyl (C=O) groups excluding carboxylic acids is 8. The van der Waals surface area contributed by atoms with Crippen LogP contribution in [0.5, 0.6) is 17.2 Å². The number of aromatic hydroxyl groups is 1. The van der Waals surface area contributed by atoms with Gasteiger partial charge in [0.1, 0.15) is 58.1 Å². The van der Waals surface area contributed by atoms with Gasteiger partial charge < -0.3 is 96.0 Å². The number of carbonyl (C=O) groups is 8. The number of nitrogens with one attached hydrogen (secondary N) is 6. The number of ether oxygens (including phenoxy) is 3. The number of β-amino-alcohol motifs (C(OH)–C–C–N with tert-alkyl or cyclic N) is 1. The first-order valence-electron chi connectivity index (χ1n) is 29.9. The average Bonchev–Trinajstić information content (AvgIpc) is 1.70. The molecule has 8 rings (SSSR count). The smallest absolute Gasteiger partial charge is 0.691 e. The molecule has 0 radical (unpaired) electrons. The number of methoxy groups -OCH3 is 1. The number of aliphatic hydroxyl groups is 5. The number of aliphatic hydroxyl groups excluding tert-OH is 5. The summed E-state index contributed by atoms with van der Waals surface area (Å²) < 4.78 is 25.7. The fraction of sp³-hybridized carbons (Fsp3) is 0.525. The van der Waals surface area contributed by atoms with Gasteiger partial charge in [-0.2, -0.15) is 0 Å². The molecule has 4 fully saturated rings. The number of cyclic esters (lactones) is 1. The average molecular weight is 1350 g/mol. The molecule has 0 aliphatic carbocycles. The van der Waals surface area contributed by atoms with E-state index in [0.717, 1.165) is 78.9 Å². The van der Waals surface area contributed by atoms with Crippen LogP contribution in [-0.4, -0.2) is 217 Å². The quantitative estimate of drug-likeness (QED) is 0.0117. The minimum atomic E-state index is -2.12. The van der Waals surface area contributed by atoms with E-state index in [1.165, 1.54) is 36.5 Å². The number of hydrogen-bond donors (Lipinski definition) is 12. The standard InChI is InChI=1S/C59H76N10O21S2.Na/c1-30-28-69-48(49(30)75)54(80)61-27-36(71)25-39(62-50(76)33-10-12-34(13-11-33)55-66-67-56(91-55)35-14-16-38(17-15-35)86-22-8-6-4-5-7-21-85-3)51(77)63-45(31(2)70)57(81)68-29-37(72)26-40(68)52(78)64-46(53(79)65-47(58(69)82)43-19-20-60-59(83)87-43)42(74)23-32-9-18-41(73)44(24-32)88-92-90-89-84;/h9-18,24,30-31,36-37,39-40,42-43,45-49,70-75,84H,4-8,19-23,25-29H2,1-3H3,(H,60,83)(H,61,80)(H,62,76)(H,63,77)(H,64,78)(H,65,79);/q;+1/p-1/t30-,31+,36+,37+,39+,40+,42-,43+,45+,46+,47+,48+,49+;/m1./s1. The third kappa shape index (κ3) is 19.6. The van der Waals surface area contributed by atoms with Gasteiger partial charge in [-0.15, -0.1) is 14.5 Å². The zero-order chi connectivity index (χ0) is 66.2. The predicted molar refractivity (Wildman–Crippen MR) is 321 cm³/mol. The first-order chi connectivity index (χ1) is 44.1. The predicted octanol–water partition coefficient (Wildman–Crippen LogP) is -4.19. The summed E-state index contributed by atoms with van der Waals surface area (Å²) in [5.74, 6) is -8.63. The molecule has 31 nitrogen and oxygen atoms in total. The van der Waals surface area contributed by atoms with Crippen molar-refractivity contribution in [1.29, 1.82) is 0 Å². The Bertz CT molecular complexity index is 3210. The van der Waals surface area contributed by atoms with E-state index >= 15 is 0 Å². The fourth-order valence-electron chi connectivity index (χ4n) is 11.1. The van der Waals surface area contributed by atoms with Crippen LogP contribution in [0.2, 0.25) is 0 Å². The number of benzene rings is 3. The van der Waals surface area contributed by atoms with Gasteiger partial charge in [-0.05, 0) is 73.9 Å². The fourth-order valence-corrected chi connectivity index (χ4v) is 12.2. The first-order valence-corrected chi connectivity index (χ1v) is 31.4. The van der Waals surface area contributed by atoms with Gasteiger partial charge in [0.25, 0.3) is 18.2 Å². The number of phenolic OH excluding ortho intramolecular Hbond substituents is 1. The van der Waals surface area contributed by atoms with Crippen molar-refractivity contribution < 1.29 is 132 Å². The van der Waals surface area contributed by atoms with Crippen LogP contribution >= 0.6 is 23.7 Å². The molecule has 34 heteroatoms. The maximum atomic E-state index is 15.0. The van der Waals surface area contributed by atoms with E-state index in [1.807, 2.05) is 24.3 Å². The third-order valence-electron chi connectivity index (χ3n) is 16.0. The summed E-state index contributed by atoms with van der Waals surface area (Å²) in [6.07, 6.45) is -7.56. The van der Waals surface area contributed by atoms with Crippen molar-refractivity contribution in [3.8, 4) is 38.4 Å². The van der Waals surface area contributed by atoms with Gasteiger partial charge in [-0.25, -0.2) is 4.79 Å². The number of fused-ring (bicyclic) bond motifs is 2. The van der Waals surface area contributed by atoms with Crippen molar-refractivity contribution in [2.45, 2.75) is 145 Å². The molecule has 13 atom stereocenters. The van der Waals surface area contributed by atoms with Crippen LogP contribution in [0.25, 0.3) is 21.1 Å². The second-order valence-electron chi connectivity index (χ2n) is 22.8. The Labute approximate surface area is 564 Å². The molecule has 0 saturated carbocycles. The molecule has 0 spiro atoms. The summed E-state index contributed by atoms with van der Waals surface area (Å²) >= 11 is 1.31. The summed E-state index contributed by atoms with van der Waals surface area (Å²) in [5.41, 5.74) is 1.52. The van der Waals surface area contributed by atoms with E-state index in [0.29, 0.717) is 22.2 Å². The molecule has 4 aliphatic heterocycles. The molecular formula is C59H75N10NaO21S2. The third-order valence-corrected chi connectivity index (χ3v) is 17.4. The van der Waals surface area contributed by atoms with Crippen molar-refractivity contribution in [2.24, 2.45) is 5.92 Å². The van der Waals surface area contributed by atoms with E-state index in [-0.39, 0.29) is 78.3 Å². The van der Waals surface area contributed by atoms with Gasteiger partial charge in [0.05, 0.1) is 37.1 Å². The van der Waals surface area contributed by atoms with E-state index in [4.69, 9.17) is 18.4 Å². The summed E-state index contributed by atoms with van der Waals surface area (Å²) in [5, 5.41) is 106. The molecular weight excluding hydrogens is 1270 g/mol. The Balaban J connectivity index is 0.0000123. The molecule has 12 N–H and O–H groups in total. The van der Waals surface area contributed by atoms with Crippen LogP contribution in [0.1, 0.15) is 81.1 Å². The molecule has 4 saturated heterocycles. The molecule has 4 aliphatic rings. The maximum Gasteiger partial charge on any atom is 1.00 e. The van der Waals surface area contributed by atoms with Crippen LogP contribution in [-0.2, 0) is 54.0 Å². The summed E-state index contributed by atoms with van der Waals surface area (Å²) in [6.45, 7) is 2.35. The van der Waals surface area contributed by atoms with Gasteiger partial charge >= 0.3 is 35.7 Å². The number of rotatable bonds is 22. The van der Waals surface area contributed by atoms with Crippen molar-refractivity contribution in [2.75, 3.05) is 46.5 Å². The van der Waals surface area contributed by atoms with Crippen molar-refractivity contribution in [1.82, 2.24) is 51.9 Å². The number of unbranched alkanes of at least 4 members (excludes halogenated alkanes) is 4. The molecule has 8 amide bonds. The van der Waals surface area contributed by atoms with E-state index < -0.39 is 164 Å². The molecule has 4 aromatic rings. The van der Waals surface area contributed by atoms with Gasteiger partial charge in [-0.3, -0.25) is 38.6 Å². The Hall–Kier alpha value is -6.83. The Morgan fingerprint density at radius 2 is 1.46 bits per heavy atom. The van der Waals surface area contributed by atoms with Gasteiger partial charge in [0.15, 0.2) is 11.5 Å². The van der Waals surface area contributed by atoms with Crippen LogP contribution in [0.3, 0.4) is 0 Å². The normalized spacial score (nSPS) is 25.7. The monoisotopic (exact) mass is 1350 g/mol. The van der Waals surface area contributed by atoms with Crippen molar-refractivity contribution in [3.63, 3.8) is 0 Å². The Morgan fingerprint density at radius 1 is 0.796 bits per heavy atom. The van der Waals surface area contributed by atoms with Crippen LogP contribution in [0.15, 0.2) is 66.7 Å². The maximum absolute atomic E-state index is 15.0. The number of nitrogens with zero attached hydrogens (tertiary/aromatic N) is 4. The molecule has 5 heterocycles. The van der Waals surface area contributed by atoms with Crippen LogP contribution in [0, 0.1) is 5.92 Å². The van der Waals surface area contributed by atoms with Crippen LogP contribution in [0.4, 0.5) is 4.79 Å². The molecule has 0 bridgehead atoms. The van der Waals surface area contributed by atoms with Crippen molar-refractivity contribution >= 4 is 71.1 Å². The number of phenols is 1. The summed E-state index contributed by atoms with van der Waals surface area (Å²) in [7, 11) is 1.70. The van der Waals surface area contributed by atoms with Crippen LogP contribution < -0.4 is 75.6 Å². The molecule has 3 aromatic carbocycles. The van der Waals surface area contributed by atoms with Gasteiger partial charge in [-0.1, -0.05) is 55.7 Å². The number of hydrogen-bond acceptors (Lipinski definition) is 25. The zero-order valence-electron chi connectivity index (χ0n) is 51.4. The second-order valence-corrected chi connectivity index (χ2v) is 24.2. The number of aromatic nitrogens is 2. The Morgan fingerprint density at radius 3 is 2.13 bits per heavy atom. The Kier molecular flexibility index (Phi) is 27.7. The first kappa shape index (κ1) is 73.6. The van der Waals surface area contributed by atoms with Gasteiger partial charge in [0, 0.05) is 88.2 Å². The number of alkyl carbamates (subject to hydrolysis) is 1.